The van der Waals surface area contributed by atoms with Crippen LogP contribution in [-0.2, 0) is 11.2 Å². The lowest BCUT2D eigenvalue weighted by Gasteiger charge is -2.16. The van der Waals surface area contributed by atoms with Crippen molar-refractivity contribution >= 4 is 5.91 Å². The Morgan fingerprint density at radius 1 is 1.11 bits per heavy atom. The number of nitrogens with one attached hydrogen (secondary N) is 1. The van der Waals surface area contributed by atoms with E-state index in [0.29, 0.717) is 11.5 Å². The summed E-state index contributed by atoms with van der Waals surface area (Å²) >= 11 is 0. The van der Waals surface area contributed by atoms with Gasteiger partial charge in [0.25, 0.3) is 0 Å². The summed E-state index contributed by atoms with van der Waals surface area (Å²) in [7, 11) is 3.19. The second kappa shape index (κ2) is 8.40. The summed E-state index contributed by atoms with van der Waals surface area (Å²) in [4.78, 5) is 12.4. The van der Waals surface area contributed by atoms with E-state index in [-0.39, 0.29) is 18.4 Å². The lowest BCUT2D eigenvalue weighted by molar-refractivity contribution is -0.121. The van der Waals surface area contributed by atoms with Crippen molar-refractivity contribution in [2.45, 2.75) is 19.4 Å². The minimum Gasteiger partial charge on any atom is -0.493 e. The van der Waals surface area contributed by atoms with Crippen LogP contribution in [-0.4, -0.2) is 29.9 Å². The average molecular weight is 365 g/mol. The molecule has 1 aromatic heterocycles. The Bertz CT molecular complexity index is 906. The van der Waals surface area contributed by atoms with Gasteiger partial charge in [-0.15, -0.1) is 0 Å². The molecule has 0 saturated carbocycles. The number of ether oxygens (including phenoxy) is 2. The number of para-hydroxylation sites is 1. The number of hydrogen-bond donors (Lipinski definition) is 1. The topological polar surface area (TPSA) is 65.4 Å². The number of carbonyl (C=O) groups excluding carboxylic acids is 1. The number of nitrogens with zero attached hydrogens (tertiary/aromatic N) is 2. The van der Waals surface area contributed by atoms with E-state index in [1.807, 2.05) is 61.7 Å². The Kier molecular flexibility index (Phi) is 5.76. The summed E-state index contributed by atoms with van der Waals surface area (Å²) < 4.78 is 12.3. The number of rotatable bonds is 7. The molecule has 3 aromatic rings. The van der Waals surface area contributed by atoms with Gasteiger partial charge in [-0.25, -0.2) is 4.68 Å². The first-order chi connectivity index (χ1) is 13.1. The van der Waals surface area contributed by atoms with E-state index in [4.69, 9.17) is 9.47 Å². The molecule has 0 saturated heterocycles. The number of hydrogen-bond acceptors (Lipinski definition) is 4. The van der Waals surface area contributed by atoms with Crippen LogP contribution in [0, 0.1) is 0 Å². The van der Waals surface area contributed by atoms with Gasteiger partial charge < -0.3 is 14.8 Å². The molecule has 1 atom stereocenters. The fraction of sp³-hybridized carbons (Fsp3) is 0.238. The lowest BCUT2D eigenvalue weighted by atomic mass is 10.1. The smallest absolute Gasteiger partial charge is 0.225 e. The number of aromatic nitrogens is 2. The Balaban J connectivity index is 1.63. The van der Waals surface area contributed by atoms with Gasteiger partial charge in [0, 0.05) is 6.20 Å². The maximum atomic E-state index is 12.4. The number of amides is 1. The molecule has 1 unspecified atom stereocenters. The van der Waals surface area contributed by atoms with Gasteiger partial charge in [-0.3, -0.25) is 4.79 Å². The fourth-order valence-electron chi connectivity index (χ4n) is 2.86. The molecule has 0 bridgehead atoms. The van der Waals surface area contributed by atoms with Gasteiger partial charge in [0.2, 0.25) is 5.91 Å². The van der Waals surface area contributed by atoms with Crippen LogP contribution < -0.4 is 14.8 Å². The molecule has 1 heterocycles. The molecule has 0 aliphatic heterocycles. The SMILES string of the molecule is COc1ccc(C(C)NC(=O)Cc2cnn(-c3ccccc3)c2)cc1OC. The Hall–Kier alpha value is -3.28. The molecule has 0 radical (unpaired) electrons. The van der Waals surface area contributed by atoms with Crippen LogP contribution in [0.4, 0.5) is 0 Å². The third kappa shape index (κ3) is 4.47. The van der Waals surface area contributed by atoms with E-state index in [0.717, 1.165) is 16.8 Å². The van der Waals surface area contributed by atoms with Crippen LogP contribution >= 0.6 is 0 Å². The highest BCUT2D eigenvalue weighted by molar-refractivity contribution is 5.78. The molecule has 140 valence electrons. The molecule has 1 amide bonds. The van der Waals surface area contributed by atoms with Gasteiger partial charge in [-0.1, -0.05) is 24.3 Å². The number of methoxy groups -OCH3 is 2. The van der Waals surface area contributed by atoms with Crippen molar-refractivity contribution < 1.29 is 14.3 Å². The highest BCUT2D eigenvalue weighted by Gasteiger charge is 2.14. The lowest BCUT2D eigenvalue weighted by Crippen LogP contribution is -2.28. The van der Waals surface area contributed by atoms with E-state index in [2.05, 4.69) is 10.4 Å². The highest BCUT2D eigenvalue weighted by Crippen LogP contribution is 2.29. The minimum atomic E-state index is -0.151. The summed E-state index contributed by atoms with van der Waals surface area (Å²) in [5.74, 6) is 1.23. The Labute approximate surface area is 158 Å². The van der Waals surface area contributed by atoms with Crippen molar-refractivity contribution in [2.75, 3.05) is 14.2 Å². The standard InChI is InChI=1S/C21H23N3O3/c1-15(17-9-10-19(26-2)20(12-17)27-3)23-21(25)11-16-13-22-24(14-16)18-7-5-4-6-8-18/h4-10,12-15H,11H2,1-3H3,(H,23,25). The molecular weight excluding hydrogens is 342 g/mol. The van der Waals surface area contributed by atoms with E-state index in [1.54, 1.807) is 25.1 Å². The molecule has 3 rings (SSSR count). The monoisotopic (exact) mass is 365 g/mol. The normalized spacial score (nSPS) is 11.7. The van der Waals surface area contributed by atoms with Crippen LogP contribution in [0.1, 0.15) is 24.1 Å². The zero-order valence-corrected chi connectivity index (χ0v) is 15.7. The molecule has 0 spiro atoms. The second-order valence-electron chi connectivity index (χ2n) is 6.21. The first-order valence-corrected chi connectivity index (χ1v) is 8.71. The average Bonchev–Trinajstić information content (AvgIpc) is 3.16. The van der Waals surface area contributed by atoms with E-state index < -0.39 is 0 Å². The van der Waals surface area contributed by atoms with Crippen LogP contribution in [0.5, 0.6) is 11.5 Å². The van der Waals surface area contributed by atoms with Crippen molar-refractivity contribution in [3.63, 3.8) is 0 Å². The molecule has 27 heavy (non-hydrogen) atoms. The van der Waals surface area contributed by atoms with E-state index in [1.165, 1.54) is 0 Å². The first-order valence-electron chi connectivity index (χ1n) is 8.71. The van der Waals surface area contributed by atoms with Gasteiger partial charge in [-0.05, 0) is 42.3 Å². The predicted molar refractivity (Wildman–Crippen MR) is 103 cm³/mol. The number of benzene rings is 2. The van der Waals surface area contributed by atoms with Crippen molar-refractivity contribution in [3.8, 4) is 17.2 Å². The van der Waals surface area contributed by atoms with Gasteiger partial charge in [0.05, 0.1) is 38.6 Å². The molecule has 2 aromatic carbocycles. The van der Waals surface area contributed by atoms with Crippen LogP contribution in [0.25, 0.3) is 5.69 Å². The van der Waals surface area contributed by atoms with Crippen LogP contribution in [0.3, 0.4) is 0 Å². The summed E-state index contributed by atoms with van der Waals surface area (Å²) in [5.41, 5.74) is 2.76. The maximum Gasteiger partial charge on any atom is 0.225 e. The summed E-state index contributed by atoms with van der Waals surface area (Å²) in [5, 5.41) is 7.33. The summed E-state index contributed by atoms with van der Waals surface area (Å²) in [6.07, 6.45) is 3.86. The fourth-order valence-corrected chi connectivity index (χ4v) is 2.86. The third-order valence-corrected chi connectivity index (χ3v) is 4.31. The number of carbonyl (C=O) groups is 1. The molecule has 6 nitrogen and oxygen atoms in total. The van der Waals surface area contributed by atoms with E-state index in [9.17, 15) is 4.79 Å². The maximum absolute atomic E-state index is 12.4. The first kappa shape index (κ1) is 18.5. The van der Waals surface area contributed by atoms with Crippen molar-refractivity contribution in [2.24, 2.45) is 0 Å². The van der Waals surface area contributed by atoms with E-state index >= 15 is 0 Å². The molecular formula is C21H23N3O3. The summed E-state index contributed by atoms with van der Waals surface area (Å²) in [6.45, 7) is 1.94. The van der Waals surface area contributed by atoms with Gasteiger partial charge in [-0.2, -0.15) is 5.10 Å². The highest BCUT2D eigenvalue weighted by atomic mass is 16.5. The second-order valence-corrected chi connectivity index (χ2v) is 6.21. The minimum absolute atomic E-state index is 0.0649. The van der Waals surface area contributed by atoms with Gasteiger partial charge >= 0.3 is 0 Å². The molecule has 0 aliphatic rings. The van der Waals surface area contributed by atoms with Crippen LogP contribution in [0.15, 0.2) is 60.9 Å². The zero-order chi connectivity index (χ0) is 19.2. The van der Waals surface area contributed by atoms with Crippen molar-refractivity contribution in [1.29, 1.82) is 0 Å². The Morgan fingerprint density at radius 3 is 2.56 bits per heavy atom. The van der Waals surface area contributed by atoms with Gasteiger partial charge in [0.15, 0.2) is 11.5 Å². The largest absolute Gasteiger partial charge is 0.493 e. The molecule has 6 heteroatoms. The molecule has 0 fully saturated rings. The predicted octanol–water partition coefficient (Wildman–Crippen LogP) is 3.31. The molecule has 0 aliphatic carbocycles. The Morgan fingerprint density at radius 2 is 1.85 bits per heavy atom. The third-order valence-electron chi connectivity index (χ3n) is 4.31. The summed E-state index contributed by atoms with van der Waals surface area (Å²) in [6, 6.07) is 15.3. The van der Waals surface area contributed by atoms with Crippen molar-refractivity contribution in [3.05, 3.63) is 72.1 Å². The molecule has 1 N–H and O–H groups in total. The zero-order valence-electron chi connectivity index (χ0n) is 15.7. The van der Waals surface area contributed by atoms with Crippen molar-refractivity contribution in [1.82, 2.24) is 15.1 Å². The van der Waals surface area contributed by atoms with Crippen LogP contribution in [0.2, 0.25) is 0 Å². The quantitative estimate of drug-likeness (QED) is 0.698. The van der Waals surface area contributed by atoms with Gasteiger partial charge in [0.1, 0.15) is 0 Å².